The summed E-state index contributed by atoms with van der Waals surface area (Å²) >= 11 is 0. The summed E-state index contributed by atoms with van der Waals surface area (Å²) in [4.78, 5) is 25.4. The quantitative estimate of drug-likeness (QED) is 0.569. The van der Waals surface area contributed by atoms with Gasteiger partial charge in [0.2, 0.25) is 11.8 Å². The average Bonchev–Trinajstić information content (AvgIpc) is 3.31. The van der Waals surface area contributed by atoms with E-state index in [-0.39, 0.29) is 23.6 Å². The summed E-state index contributed by atoms with van der Waals surface area (Å²) < 4.78 is 6.66. The Bertz CT molecular complexity index is 1120. The van der Waals surface area contributed by atoms with Gasteiger partial charge in [0.05, 0.1) is 12.3 Å². The molecule has 4 rings (SSSR count). The lowest BCUT2D eigenvalue weighted by atomic mass is 10.1. The Kier molecular flexibility index (Phi) is 4.03. The summed E-state index contributed by atoms with van der Waals surface area (Å²) in [6.45, 7) is 3.78. The molecule has 1 amide bonds. The van der Waals surface area contributed by atoms with E-state index in [0.717, 1.165) is 11.3 Å². The first-order valence-corrected chi connectivity index (χ1v) is 8.32. The van der Waals surface area contributed by atoms with Crippen LogP contribution in [0.4, 0.5) is 5.95 Å². The van der Waals surface area contributed by atoms with Crippen LogP contribution >= 0.6 is 0 Å². The van der Waals surface area contributed by atoms with E-state index in [0.29, 0.717) is 17.2 Å². The van der Waals surface area contributed by atoms with Crippen LogP contribution in [0.15, 0.2) is 47.2 Å². The molecule has 3 N–H and O–H groups in total. The molecule has 9 heteroatoms. The fourth-order valence-corrected chi connectivity index (χ4v) is 2.84. The second-order valence-corrected chi connectivity index (χ2v) is 6.06. The number of hydrogen-bond acceptors (Lipinski definition) is 7. The zero-order chi connectivity index (χ0) is 19.0. The van der Waals surface area contributed by atoms with Crippen LogP contribution in [0.2, 0.25) is 0 Å². The topological polar surface area (TPSA) is 124 Å². The van der Waals surface area contributed by atoms with Crippen molar-refractivity contribution >= 4 is 17.5 Å². The van der Waals surface area contributed by atoms with E-state index >= 15 is 0 Å². The van der Waals surface area contributed by atoms with Gasteiger partial charge in [-0.1, -0.05) is 6.07 Å². The molecule has 0 aliphatic rings. The number of pyridine rings is 1. The van der Waals surface area contributed by atoms with Crippen LogP contribution in [0.3, 0.4) is 0 Å². The van der Waals surface area contributed by atoms with Crippen molar-refractivity contribution in [2.24, 2.45) is 0 Å². The van der Waals surface area contributed by atoms with Crippen LogP contribution in [-0.2, 0) is 0 Å². The first kappa shape index (κ1) is 16.7. The molecule has 0 radical (unpaired) electrons. The zero-order valence-corrected chi connectivity index (χ0v) is 14.7. The molecule has 9 nitrogen and oxygen atoms in total. The summed E-state index contributed by atoms with van der Waals surface area (Å²) in [5, 5.41) is 7.17. The molecule has 0 aliphatic heterocycles. The Hall–Kier alpha value is -3.75. The molecular formula is C18H17N7O2. The van der Waals surface area contributed by atoms with Gasteiger partial charge >= 0.3 is 0 Å². The van der Waals surface area contributed by atoms with Gasteiger partial charge in [-0.3, -0.25) is 9.78 Å². The fraction of sp³-hybridized carbons (Fsp3) is 0.167. The Labute approximate surface area is 154 Å². The van der Waals surface area contributed by atoms with Gasteiger partial charge in [0.15, 0.2) is 11.4 Å². The number of nitrogens with two attached hydrogens (primary N) is 1. The smallest absolute Gasteiger partial charge is 0.270 e. The first-order valence-electron chi connectivity index (χ1n) is 8.32. The number of nitrogen functional groups attached to an aromatic ring is 1. The van der Waals surface area contributed by atoms with Crippen molar-refractivity contribution in [3.8, 4) is 11.6 Å². The first-order chi connectivity index (χ1) is 13.0. The van der Waals surface area contributed by atoms with Gasteiger partial charge in [0.1, 0.15) is 5.69 Å². The maximum Gasteiger partial charge on any atom is 0.270 e. The van der Waals surface area contributed by atoms with Crippen LogP contribution in [0.5, 0.6) is 0 Å². The minimum atomic E-state index is -0.359. The van der Waals surface area contributed by atoms with E-state index in [1.807, 2.05) is 26.0 Å². The predicted octanol–water partition coefficient (Wildman–Crippen LogP) is 2.16. The van der Waals surface area contributed by atoms with Gasteiger partial charge in [-0.2, -0.15) is 4.52 Å². The lowest BCUT2D eigenvalue weighted by molar-refractivity contribution is 0.0934. The van der Waals surface area contributed by atoms with E-state index in [1.54, 1.807) is 18.3 Å². The molecule has 27 heavy (non-hydrogen) atoms. The molecule has 0 bridgehead atoms. The number of furan rings is 1. The largest absolute Gasteiger partial charge is 0.461 e. The number of nitrogens with one attached hydrogen (secondary N) is 1. The number of fused-ring (bicyclic) bond motifs is 1. The standard InChI is InChI=1S/C18H17N7O2/c1-10-12(5-3-7-20-10)11(2)21-17(26)13-9-15-23-16(14-6-4-8-27-14)24-25(15)18(19)22-13/h3-9,11H,1-2H3,(H2,19,22)(H,21,26). The highest BCUT2D eigenvalue weighted by molar-refractivity contribution is 5.93. The third-order valence-corrected chi connectivity index (χ3v) is 4.19. The number of aromatic nitrogens is 5. The van der Waals surface area contributed by atoms with Crippen molar-refractivity contribution in [2.75, 3.05) is 5.73 Å². The van der Waals surface area contributed by atoms with Gasteiger partial charge in [-0.25, -0.2) is 9.97 Å². The molecule has 1 unspecified atom stereocenters. The van der Waals surface area contributed by atoms with Crippen LogP contribution in [-0.4, -0.2) is 30.5 Å². The van der Waals surface area contributed by atoms with Crippen LogP contribution in [0.25, 0.3) is 17.2 Å². The van der Waals surface area contributed by atoms with Gasteiger partial charge < -0.3 is 15.5 Å². The molecule has 0 aliphatic carbocycles. The molecule has 0 saturated heterocycles. The second kappa shape index (κ2) is 6.52. The maximum absolute atomic E-state index is 12.6. The monoisotopic (exact) mass is 363 g/mol. The van der Waals surface area contributed by atoms with Crippen LogP contribution < -0.4 is 11.1 Å². The van der Waals surface area contributed by atoms with Crippen molar-refractivity contribution in [1.82, 2.24) is 29.9 Å². The highest BCUT2D eigenvalue weighted by Gasteiger charge is 2.18. The molecular weight excluding hydrogens is 346 g/mol. The molecule has 4 aromatic heterocycles. The summed E-state index contributed by atoms with van der Waals surface area (Å²) in [6.07, 6.45) is 3.24. The normalized spacial score (nSPS) is 12.2. The number of nitrogens with zero attached hydrogens (tertiary/aromatic N) is 5. The number of aryl methyl sites for hydroxylation is 1. The number of amides is 1. The van der Waals surface area contributed by atoms with Gasteiger partial charge in [0, 0.05) is 18.0 Å². The van der Waals surface area contributed by atoms with E-state index in [2.05, 4.69) is 25.4 Å². The molecule has 0 spiro atoms. The van der Waals surface area contributed by atoms with E-state index in [4.69, 9.17) is 10.2 Å². The molecule has 0 aromatic carbocycles. The van der Waals surface area contributed by atoms with Crippen molar-refractivity contribution in [3.05, 3.63) is 59.7 Å². The molecule has 4 aromatic rings. The SMILES string of the molecule is Cc1ncccc1C(C)NC(=O)c1cc2nc(-c3ccco3)nn2c(N)n1. The van der Waals surface area contributed by atoms with Gasteiger partial charge in [-0.05, 0) is 37.6 Å². The second-order valence-electron chi connectivity index (χ2n) is 6.06. The van der Waals surface area contributed by atoms with Crippen molar-refractivity contribution in [1.29, 1.82) is 0 Å². The third-order valence-electron chi connectivity index (χ3n) is 4.19. The number of rotatable bonds is 4. The zero-order valence-electron chi connectivity index (χ0n) is 14.7. The molecule has 0 fully saturated rings. The van der Waals surface area contributed by atoms with E-state index in [9.17, 15) is 4.79 Å². The summed E-state index contributed by atoms with van der Waals surface area (Å²) in [5.41, 5.74) is 8.31. The molecule has 1 atom stereocenters. The summed E-state index contributed by atoms with van der Waals surface area (Å²) in [6, 6.07) is 8.54. The van der Waals surface area contributed by atoms with Crippen molar-refractivity contribution < 1.29 is 9.21 Å². The summed E-state index contributed by atoms with van der Waals surface area (Å²) in [7, 11) is 0. The maximum atomic E-state index is 12.6. The van der Waals surface area contributed by atoms with Crippen LogP contribution in [0.1, 0.15) is 34.7 Å². The molecule has 4 heterocycles. The number of carbonyl (C=O) groups excluding carboxylic acids is 1. The minimum Gasteiger partial charge on any atom is -0.461 e. The van der Waals surface area contributed by atoms with Crippen molar-refractivity contribution in [3.63, 3.8) is 0 Å². The Balaban J connectivity index is 1.63. The lowest BCUT2D eigenvalue weighted by Gasteiger charge is -2.15. The number of anilines is 1. The van der Waals surface area contributed by atoms with Gasteiger partial charge in [-0.15, -0.1) is 5.10 Å². The number of carbonyl (C=O) groups is 1. The van der Waals surface area contributed by atoms with Gasteiger partial charge in [0.25, 0.3) is 5.91 Å². The van der Waals surface area contributed by atoms with Crippen LogP contribution in [0, 0.1) is 6.92 Å². The number of hydrogen-bond donors (Lipinski definition) is 2. The highest BCUT2D eigenvalue weighted by Crippen LogP contribution is 2.19. The Morgan fingerprint density at radius 2 is 2.15 bits per heavy atom. The Morgan fingerprint density at radius 1 is 1.30 bits per heavy atom. The average molecular weight is 363 g/mol. The van der Waals surface area contributed by atoms with E-state index in [1.165, 1.54) is 16.8 Å². The predicted molar refractivity (Wildman–Crippen MR) is 97.8 cm³/mol. The minimum absolute atomic E-state index is 0.0631. The molecule has 136 valence electrons. The Morgan fingerprint density at radius 3 is 2.89 bits per heavy atom. The third kappa shape index (κ3) is 3.10. The highest BCUT2D eigenvalue weighted by atomic mass is 16.3. The van der Waals surface area contributed by atoms with Crippen molar-refractivity contribution in [2.45, 2.75) is 19.9 Å². The fourth-order valence-electron chi connectivity index (χ4n) is 2.84. The summed E-state index contributed by atoms with van der Waals surface area (Å²) in [5.74, 6) is 0.575. The van der Waals surface area contributed by atoms with E-state index < -0.39 is 0 Å². The lowest BCUT2D eigenvalue weighted by Crippen LogP contribution is -2.28. The molecule has 0 saturated carbocycles.